The highest BCUT2D eigenvalue weighted by atomic mass is 16.5. The van der Waals surface area contributed by atoms with Crippen LogP contribution in [0.15, 0.2) is 70.9 Å². The zero-order chi connectivity index (χ0) is 25.3. The van der Waals surface area contributed by atoms with Gasteiger partial charge < -0.3 is 19.0 Å². The van der Waals surface area contributed by atoms with Crippen molar-refractivity contribution in [2.24, 2.45) is 0 Å². The minimum atomic E-state index is -0.925. The molecule has 1 N–H and O–H groups in total. The third-order valence-electron chi connectivity index (χ3n) is 5.87. The molecular formula is C28H29NO6. The topological polar surface area (TPSA) is 89.2 Å². The van der Waals surface area contributed by atoms with Crippen molar-refractivity contribution in [1.29, 1.82) is 0 Å². The summed E-state index contributed by atoms with van der Waals surface area (Å²) in [6, 6.07) is 14.5. The van der Waals surface area contributed by atoms with Crippen LogP contribution in [-0.4, -0.2) is 30.0 Å². The van der Waals surface area contributed by atoms with E-state index in [0.717, 1.165) is 5.56 Å². The Hall–Kier alpha value is -4.00. The fraction of sp³-hybridized carbons (Fsp3) is 0.286. The van der Waals surface area contributed by atoms with Crippen LogP contribution in [0.25, 0.3) is 5.76 Å². The maximum atomic E-state index is 13.3. The summed E-state index contributed by atoms with van der Waals surface area (Å²) in [6.07, 6.45) is 1.47. The van der Waals surface area contributed by atoms with Gasteiger partial charge in [0.05, 0.1) is 25.1 Å². The minimum absolute atomic E-state index is 0.00146. The second kappa shape index (κ2) is 9.70. The van der Waals surface area contributed by atoms with Crippen molar-refractivity contribution in [3.63, 3.8) is 0 Å². The van der Waals surface area contributed by atoms with Gasteiger partial charge in [0.1, 0.15) is 29.1 Å². The van der Waals surface area contributed by atoms with Gasteiger partial charge in [0.25, 0.3) is 11.7 Å². The van der Waals surface area contributed by atoms with E-state index in [1.165, 1.54) is 11.2 Å². The van der Waals surface area contributed by atoms with E-state index < -0.39 is 17.7 Å². The molecule has 1 fully saturated rings. The third kappa shape index (κ3) is 4.54. The largest absolute Gasteiger partial charge is 0.507 e. The zero-order valence-electron chi connectivity index (χ0n) is 20.4. The van der Waals surface area contributed by atoms with Crippen LogP contribution in [0.5, 0.6) is 11.5 Å². The number of rotatable bonds is 7. The molecule has 4 rings (SSSR count). The molecule has 1 saturated heterocycles. The van der Waals surface area contributed by atoms with Gasteiger partial charge in [0.15, 0.2) is 0 Å². The molecule has 0 radical (unpaired) electrons. The first-order valence-electron chi connectivity index (χ1n) is 11.5. The third-order valence-corrected chi connectivity index (χ3v) is 5.87. The molecule has 0 bridgehead atoms. The van der Waals surface area contributed by atoms with Gasteiger partial charge in [-0.2, -0.15) is 0 Å². The molecule has 1 aliphatic rings. The molecule has 0 saturated carbocycles. The number of amides is 1. The van der Waals surface area contributed by atoms with Gasteiger partial charge in [-0.15, -0.1) is 0 Å². The molecule has 1 aromatic heterocycles. The second-order valence-electron chi connectivity index (χ2n) is 8.96. The number of furan rings is 1. The average Bonchev–Trinajstić information content (AvgIpc) is 3.45. The molecule has 0 aliphatic carbocycles. The molecular weight excluding hydrogens is 446 g/mol. The lowest BCUT2D eigenvalue weighted by Gasteiger charge is -2.24. The molecule has 2 heterocycles. The highest BCUT2D eigenvalue weighted by Crippen LogP contribution is 2.43. The first kappa shape index (κ1) is 24.1. The van der Waals surface area contributed by atoms with Crippen molar-refractivity contribution >= 4 is 23.1 Å². The Kier molecular flexibility index (Phi) is 6.69. The van der Waals surface area contributed by atoms with E-state index in [0.29, 0.717) is 28.5 Å². The molecule has 35 heavy (non-hydrogen) atoms. The van der Waals surface area contributed by atoms with Crippen molar-refractivity contribution < 1.29 is 28.6 Å². The number of benzene rings is 2. The molecule has 1 atom stereocenters. The summed E-state index contributed by atoms with van der Waals surface area (Å²) in [7, 11) is 1.58. The number of ether oxygens (including phenoxy) is 2. The van der Waals surface area contributed by atoms with E-state index in [9.17, 15) is 14.7 Å². The monoisotopic (exact) mass is 475 g/mol. The minimum Gasteiger partial charge on any atom is -0.507 e. The van der Waals surface area contributed by atoms with Gasteiger partial charge in [-0.3, -0.25) is 14.5 Å². The van der Waals surface area contributed by atoms with Crippen LogP contribution in [0.1, 0.15) is 56.5 Å². The standard InChI is InChI=1S/C28H29NO6/c1-16(2)21-15-18(8-13-22(21)33-5)26(30)24-25(23-7-6-14-34-23)29(28(32)27(24)31)19-9-11-20(12-10-19)35-17(3)4/h6-17,25,30H,1-5H3/b26-24-. The van der Waals surface area contributed by atoms with E-state index >= 15 is 0 Å². The zero-order valence-corrected chi connectivity index (χ0v) is 20.4. The smallest absolute Gasteiger partial charge is 0.300 e. The number of hydrogen-bond acceptors (Lipinski definition) is 6. The maximum absolute atomic E-state index is 13.3. The molecule has 1 amide bonds. The van der Waals surface area contributed by atoms with Gasteiger partial charge in [-0.25, -0.2) is 0 Å². The molecule has 7 heteroatoms. The number of carbonyl (C=O) groups is 2. The fourth-order valence-electron chi connectivity index (χ4n) is 4.26. The van der Waals surface area contributed by atoms with Crippen molar-refractivity contribution in [3.8, 4) is 11.5 Å². The first-order chi connectivity index (χ1) is 16.7. The number of ketones is 1. The Morgan fingerprint density at radius 3 is 2.31 bits per heavy atom. The number of aliphatic hydroxyl groups is 1. The van der Waals surface area contributed by atoms with Crippen LogP contribution in [0.3, 0.4) is 0 Å². The Balaban J connectivity index is 1.84. The lowest BCUT2D eigenvalue weighted by molar-refractivity contribution is -0.132. The predicted molar refractivity (Wildman–Crippen MR) is 133 cm³/mol. The molecule has 3 aromatic rings. The summed E-state index contributed by atoms with van der Waals surface area (Å²) >= 11 is 0. The number of methoxy groups -OCH3 is 1. The van der Waals surface area contributed by atoms with Crippen LogP contribution in [-0.2, 0) is 9.59 Å². The molecule has 1 aliphatic heterocycles. The second-order valence-corrected chi connectivity index (χ2v) is 8.96. The summed E-state index contributed by atoms with van der Waals surface area (Å²) in [6.45, 7) is 7.87. The van der Waals surface area contributed by atoms with Gasteiger partial charge in [0.2, 0.25) is 0 Å². The number of Topliss-reactive ketones (excluding diaryl/α,β-unsaturated/α-hetero) is 1. The Morgan fingerprint density at radius 2 is 1.74 bits per heavy atom. The van der Waals surface area contributed by atoms with E-state index in [2.05, 4.69) is 0 Å². The first-order valence-corrected chi connectivity index (χ1v) is 11.5. The van der Waals surface area contributed by atoms with Crippen molar-refractivity contribution in [2.45, 2.75) is 45.8 Å². The summed E-state index contributed by atoms with van der Waals surface area (Å²) in [5.74, 6) is 0.0176. The Bertz CT molecular complexity index is 1260. The van der Waals surface area contributed by atoms with Crippen LogP contribution in [0.4, 0.5) is 5.69 Å². The van der Waals surface area contributed by atoms with Crippen LogP contribution >= 0.6 is 0 Å². The molecule has 0 spiro atoms. The van der Waals surface area contributed by atoms with E-state index in [4.69, 9.17) is 13.9 Å². The number of anilines is 1. The van der Waals surface area contributed by atoms with E-state index in [1.54, 1.807) is 61.7 Å². The summed E-state index contributed by atoms with van der Waals surface area (Å²) < 4.78 is 16.8. The molecule has 2 aromatic carbocycles. The summed E-state index contributed by atoms with van der Waals surface area (Å²) in [5.41, 5.74) is 1.75. The number of nitrogens with zero attached hydrogens (tertiary/aromatic N) is 1. The average molecular weight is 476 g/mol. The maximum Gasteiger partial charge on any atom is 0.300 e. The highest BCUT2D eigenvalue weighted by Gasteiger charge is 2.48. The van der Waals surface area contributed by atoms with E-state index in [1.807, 2.05) is 27.7 Å². The predicted octanol–water partition coefficient (Wildman–Crippen LogP) is 5.83. The van der Waals surface area contributed by atoms with Gasteiger partial charge >= 0.3 is 0 Å². The quantitative estimate of drug-likeness (QED) is 0.263. The summed E-state index contributed by atoms with van der Waals surface area (Å²) in [5, 5.41) is 11.3. The van der Waals surface area contributed by atoms with Crippen molar-refractivity contribution in [2.75, 3.05) is 12.0 Å². The lowest BCUT2D eigenvalue weighted by atomic mass is 9.95. The normalized spacial score (nSPS) is 17.5. The number of aliphatic hydroxyl groups excluding tert-OH is 1. The van der Waals surface area contributed by atoms with Gasteiger partial charge in [-0.05, 0) is 79.9 Å². The van der Waals surface area contributed by atoms with Crippen LogP contribution in [0.2, 0.25) is 0 Å². The van der Waals surface area contributed by atoms with Crippen molar-refractivity contribution in [3.05, 3.63) is 83.3 Å². The number of carbonyl (C=O) groups excluding carboxylic acids is 2. The SMILES string of the molecule is COc1ccc(/C(O)=C2/C(=O)C(=O)N(c3ccc(OC(C)C)cc3)C2c2ccco2)cc1C(C)C. The number of hydrogen-bond donors (Lipinski definition) is 1. The molecule has 1 unspecified atom stereocenters. The van der Waals surface area contributed by atoms with Crippen LogP contribution < -0.4 is 14.4 Å². The summed E-state index contributed by atoms with van der Waals surface area (Å²) in [4.78, 5) is 27.8. The Labute approximate surface area is 204 Å². The molecule has 182 valence electrons. The fourth-order valence-corrected chi connectivity index (χ4v) is 4.26. The Morgan fingerprint density at radius 1 is 1.03 bits per heavy atom. The van der Waals surface area contributed by atoms with Gasteiger partial charge in [-0.1, -0.05) is 13.8 Å². The van der Waals surface area contributed by atoms with Gasteiger partial charge in [0, 0.05) is 11.3 Å². The highest BCUT2D eigenvalue weighted by molar-refractivity contribution is 6.51. The lowest BCUT2D eigenvalue weighted by Crippen LogP contribution is -2.29. The van der Waals surface area contributed by atoms with Crippen molar-refractivity contribution in [1.82, 2.24) is 0 Å². The molecule has 7 nitrogen and oxygen atoms in total. The van der Waals surface area contributed by atoms with E-state index in [-0.39, 0.29) is 23.4 Å². The van der Waals surface area contributed by atoms with Crippen LogP contribution in [0, 0.1) is 0 Å².